The molecule has 5 heteroatoms. The van der Waals surface area contributed by atoms with Crippen LogP contribution in [0, 0.1) is 5.82 Å². The topological polar surface area (TPSA) is 47.9 Å². The number of nitrogens with zero attached hydrogens (tertiary/aromatic N) is 2. The third-order valence-electron chi connectivity index (χ3n) is 4.09. The summed E-state index contributed by atoms with van der Waals surface area (Å²) in [6.45, 7) is 1.12. The summed E-state index contributed by atoms with van der Waals surface area (Å²) in [4.78, 5) is 6.51. The van der Waals surface area contributed by atoms with E-state index in [0.717, 1.165) is 24.5 Å². The van der Waals surface area contributed by atoms with Gasteiger partial charge in [-0.15, -0.1) is 0 Å². The Morgan fingerprint density at radius 3 is 2.91 bits per heavy atom. The van der Waals surface area contributed by atoms with E-state index in [1.807, 2.05) is 12.1 Å². The molecule has 0 bridgehead atoms. The molecule has 0 amide bonds. The van der Waals surface area contributed by atoms with E-state index in [-0.39, 0.29) is 12.4 Å². The van der Waals surface area contributed by atoms with Crippen molar-refractivity contribution in [3.63, 3.8) is 0 Å². The molecule has 0 atom stereocenters. The number of halogens is 1. The molecule has 0 saturated carbocycles. The van der Waals surface area contributed by atoms with Gasteiger partial charge in [0.1, 0.15) is 5.82 Å². The van der Waals surface area contributed by atoms with Gasteiger partial charge in [0.25, 0.3) is 0 Å². The number of fused-ring (bicyclic) bond motifs is 1. The third kappa shape index (κ3) is 3.19. The van der Waals surface area contributed by atoms with Gasteiger partial charge in [0.2, 0.25) is 0 Å². The second kappa shape index (κ2) is 6.79. The quantitative estimate of drug-likeness (QED) is 0.676. The number of hydrogen-bond donors (Lipinski definition) is 2. The Hall–Kier alpha value is -2.40. The van der Waals surface area contributed by atoms with Crippen molar-refractivity contribution < 1.29 is 9.50 Å². The van der Waals surface area contributed by atoms with Gasteiger partial charge < -0.3 is 15.3 Å². The van der Waals surface area contributed by atoms with E-state index in [1.54, 1.807) is 19.2 Å². The molecule has 23 heavy (non-hydrogen) atoms. The van der Waals surface area contributed by atoms with Gasteiger partial charge in [-0.1, -0.05) is 24.3 Å². The maximum atomic E-state index is 13.4. The van der Waals surface area contributed by atoms with Crippen LogP contribution in [0.1, 0.15) is 16.7 Å². The monoisotopic (exact) mass is 313 g/mol. The van der Waals surface area contributed by atoms with Crippen molar-refractivity contribution in [1.29, 1.82) is 0 Å². The van der Waals surface area contributed by atoms with Gasteiger partial charge in [-0.3, -0.25) is 4.99 Å². The molecular weight excluding hydrogens is 293 g/mol. The fourth-order valence-electron chi connectivity index (χ4n) is 2.89. The lowest BCUT2D eigenvalue weighted by Crippen LogP contribution is -2.40. The van der Waals surface area contributed by atoms with Gasteiger partial charge in [-0.25, -0.2) is 4.39 Å². The molecule has 1 heterocycles. The number of guanidine groups is 1. The average Bonchev–Trinajstić information content (AvgIpc) is 3.01. The van der Waals surface area contributed by atoms with E-state index in [1.165, 1.54) is 17.3 Å². The normalized spacial score (nSPS) is 14.0. The first-order valence-corrected chi connectivity index (χ1v) is 7.67. The highest BCUT2D eigenvalue weighted by atomic mass is 19.1. The minimum Gasteiger partial charge on any atom is -0.392 e. The summed E-state index contributed by atoms with van der Waals surface area (Å²) in [7, 11) is 1.76. The Morgan fingerprint density at radius 1 is 1.30 bits per heavy atom. The predicted octanol–water partition coefficient (Wildman–Crippen LogP) is 2.46. The number of aliphatic hydroxyl groups excluding tert-OH is 1. The van der Waals surface area contributed by atoms with Crippen molar-refractivity contribution in [3.8, 4) is 0 Å². The van der Waals surface area contributed by atoms with Crippen LogP contribution in [0.2, 0.25) is 0 Å². The largest absolute Gasteiger partial charge is 0.392 e. The zero-order valence-electron chi connectivity index (χ0n) is 13.1. The lowest BCUT2D eigenvalue weighted by atomic mass is 10.1. The SMILES string of the molecule is CN=C(NCc1ccc(F)c(CO)c1)N1CCc2ccccc21. The second-order valence-corrected chi connectivity index (χ2v) is 5.51. The highest BCUT2D eigenvalue weighted by molar-refractivity contribution is 5.97. The zero-order chi connectivity index (χ0) is 16.2. The molecule has 1 aliphatic heterocycles. The first-order chi connectivity index (χ1) is 11.2. The summed E-state index contributed by atoms with van der Waals surface area (Å²) >= 11 is 0. The number of rotatable bonds is 3. The van der Waals surface area contributed by atoms with E-state index >= 15 is 0 Å². The summed E-state index contributed by atoms with van der Waals surface area (Å²) < 4.78 is 13.4. The van der Waals surface area contributed by atoms with Crippen LogP contribution in [0.15, 0.2) is 47.5 Å². The van der Waals surface area contributed by atoms with Crippen LogP contribution >= 0.6 is 0 Å². The lowest BCUT2D eigenvalue weighted by Gasteiger charge is -2.22. The minimum absolute atomic E-state index is 0.298. The van der Waals surface area contributed by atoms with Gasteiger partial charge in [-0.2, -0.15) is 0 Å². The number of para-hydroxylation sites is 1. The molecule has 0 saturated heterocycles. The Kier molecular flexibility index (Phi) is 4.57. The number of hydrogen-bond acceptors (Lipinski definition) is 2. The molecule has 2 aromatic rings. The molecule has 3 rings (SSSR count). The average molecular weight is 313 g/mol. The van der Waals surface area contributed by atoms with Crippen molar-refractivity contribution in [2.24, 2.45) is 4.99 Å². The van der Waals surface area contributed by atoms with Gasteiger partial charge in [0, 0.05) is 31.4 Å². The smallest absolute Gasteiger partial charge is 0.198 e. The Balaban J connectivity index is 1.72. The molecule has 0 radical (unpaired) electrons. The van der Waals surface area contributed by atoms with Crippen LogP contribution in [0.5, 0.6) is 0 Å². The number of aliphatic imine (C=N–C) groups is 1. The van der Waals surface area contributed by atoms with Crippen molar-refractivity contribution >= 4 is 11.6 Å². The van der Waals surface area contributed by atoms with Crippen molar-refractivity contribution in [3.05, 3.63) is 65.0 Å². The molecule has 2 N–H and O–H groups in total. The number of benzene rings is 2. The molecule has 0 fully saturated rings. The summed E-state index contributed by atoms with van der Waals surface area (Å²) in [5.74, 6) is 0.416. The lowest BCUT2D eigenvalue weighted by molar-refractivity contribution is 0.275. The van der Waals surface area contributed by atoms with Crippen LogP contribution < -0.4 is 10.2 Å². The first kappa shape index (κ1) is 15.5. The van der Waals surface area contributed by atoms with Crippen molar-refractivity contribution in [1.82, 2.24) is 5.32 Å². The summed E-state index contributed by atoms with van der Waals surface area (Å²) in [5.41, 5.74) is 3.71. The van der Waals surface area contributed by atoms with E-state index in [4.69, 9.17) is 5.11 Å². The highest BCUT2D eigenvalue weighted by Crippen LogP contribution is 2.27. The van der Waals surface area contributed by atoms with Crippen molar-refractivity contribution in [2.75, 3.05) is 18.5 Å². The maximum Gasteiger partial charge on any atom is 0.198 e. The first-order valence-electron chi connectivity index (χ1n) is 7.67. The number of nitrogens with one attached hydrogen (secondary N) is 1. The standard InChI is InChI=1S/C18H20FN3O/c1-20-18(22-9-8-14-4-2-3-5-17(14)22)21-11-13-6-7-16(19)15(10-13)12-23/h2-7,10,23H,8-9,11-12H2,1H3,(H,20,21). The fraction of sp³-hybridized carbons (Fsp3) is 0.278. The second-order valence-electron chi connectivity index (χ2n) is 5.51. The predicted molar refractivity (Wildman–Crippen MR) is 90.0 cm³/mol. The maximum absolute atomic E-state index is 13.4. The van der Waals surface area contributed by atoms with Gasteiger partial charge in [-0.05, 0) is 35.7 Å². The van der Waals surface area contributed by atoms with Crippen molar-refractivity contribution in [2.45, 2.75) is 19.6 Å². The van der Waals surface area contributed by atoms with Crippen LogP contribution in [-0.4, -0.2) is 24.7 Å². The highest BCUT2D eigenvalue weighted by Gasteiger charge is 2.22. The number of anilines is 1. The summed E-state index contributed by atoms with van der Waals surface area (Å²) in [5, 5.41) is 12.5. The molecule has 4 nitrogen and oxygen atoms in total. The molecule has 0 unspecified atom stereocenters. The van der Waals surface area contributed by atoms with Gasteiger partial charge in [0.15, 0.2) is 5.96 Å². The molecule has 2 aromatic carbocycles. The van der Waals surface area contributed by atoms with Crippen LogP contribution in [-0.2, 0) is 19.6 Å². The van der Waals surface area contributed by atoms with Crippen LogP contribution in [0.25, 0.3) is 0 Å². The number of aliphatic hydroxyl groups is 1. The molecule has 0 aliphatic carbocycles. The minimum atomic E-state index is -0.380. The molecule has 0 aromatic heterocycles. The van der Waals surface area contributed by atoms with Crippen LogP contribution in [0.4, 0.5) is 10.1 Å². The van der Waals surface area contributed by atoms with E-state index in [9.17, 15) is 4.39 Å². The molecular formula is C18H20FN3O. The Bertz CT molecular complexity index is 730. The van der Waals surface area contributed by atoms with E-state index in [2.05, 4.69) is 27.3 Å². The summed E-state index contributed by atoms with van der Waals surface area (Å²) in [6, 6.07) is 13.1. The van der Waals surface area contributed by atoms with Crippen LogP contribution in [0.3, 0.4) is 0 Å². The molecule has 1 aliphatic rings. The molecule has 120 valence electrons. The molecule has 0 spiro atoms. The third-order valence-corrected chi connectivity index (χ3v) is 4.09. The fourth-order valence-corrected chi connectivity index (χ4v) is 2.89. The van der Waals surface area contributed by atoms with Gasteiger partial charge in [0.05, 0.1) is 6.61 Å². The van der Waals surface area contributed by atoms with E-state index < -0.39 is 0 Å². The Labute approximate surface area is 135 Å². The Morgan fingerprint density at radius 2 is 2.13 bits per heavy atom. The zero-order valence-corrected chi connectivity index (χ0v) is 13.1. The van der Waals surface area contributed by atoms with E-state index in [0.29, 0.717) is 12.1 Å². The summed E-state index contributed by atoms with van der Waals surface area (Å²) in [6.07, 6.45) is 1.00. The van der Waals surface area contributed by atoms with Gasteiger partial charge >= 0.3 is 0 Å².